The quantitative estimate of drug-likeness (QED) is 0.678. The van der Waals surface area contributed by atoms with Gasteiger partial charge in [0.1, 0.15) is 18.8 Å². The molecule has 1 fully saturated rings. The molecule has 0 radical (unpaired) electrons. The lowest BCUT2D eigenvalue weighted by Crippen LogP contribution is -2.42. The van der Waals surface area contributed by atoms with Gasteiger partial charge in [-0.1, -0.05) is 6.92 Å². The lowest BCUT2D eigenvalue weighted by molar-refractivity contribution is -0.130. The second-order valence-corrected chi connectivity index (χ2v) is 5.38. The number of ether oxygens (including phenoxy) is 2. The van der Waals surface area contributed by atoms with Crippen LogP contribution in [0.1, 0.15) is 25.8 Å². The van der Waals surface area contributed by atoms with Gasteiger partial charge in [-0.15, -0.1) is 5.01 Å². The molecule has 0 unspecified atom stereocenters. The Kier molecular flexibility index (Phi) is 3.48. The van der Waals surface area contributed by atoms with Crippen LogP contribution in [0.4, 0.5) is 4.79 Å². The molecule has 2 heterocycles. The molecule has 7 nitrogen and oxygen atoms in total. The molecule has 0 spiro atoms. The molecule has 0 aliphatic carbocycles. The number of hydrogen-bond acceptors (Lipinski definition) is 5. The van der Waals surface area contributed by atoms with Crippen molar-refractivity contribution < 1.29 is 19.1 Å². The number of nitrogens with zero attached hydrogens (tertiary/aromatic N) is 2. The maximum absolute atomic E-state index is 12.2. The van der Waals surface area contributed by atoms with Gasteiger partial charge in [0.2, 0.25) is 0 Å². The predicted molar refractivity (Wildman–Crippen MR) is 79.1 cm³/mol. The highest BCUT2D eigenvalue weighted by atomic mass is 16.6. The van der Waals surface area contributed by atoms with Crippen molar-refractivity contribution in [2.24, 2.45) is 5.10 Å². The molecule has 0 aromatic heterocycles. The minimum atomic E-state index is -0.888. The van der Waals surface area contributed by atoms with Gasteiger partial charge < -0.3 is 14.8 Å². The Morgan fingerprint density at radius 1 is 1.32 bits per heavy atom. The zero-order valence-corrected chi connectivity index (χ0v) is 12.5. The Morgan fingerprint density at radius 3 is 2.73 bits per heavy atom. The van der Waals surface area contributed by atoms with Crippen LogP contribution >= 0.6 is 0 Å². The summed E-state index contributed by atoms with van der Waals surface area (Å²) in [5.74, 6) is 0.955. The number of hydrazone groups is 1. The monoisotopic (exact) mass is 303 g/mol. The Bertz CT molecular complexity index is 658. The van der Waals surface area contributed by atoms with Crippen LogP contribution in [0, 0.1) is 0 Å². The van der Waals surface area contributed by atoms with Crippen molar-refractivity contribution in [1.29, 1.82) is 0 Å². The van der Waals surface area contributed by atoms with Crippen LogP contribution in [0.3, 0.4) is 0 Å². The van der Waals surface area contributed by atoms with E-state index in [1.165, 1.54) is 6.21 Å². The summed E-state index contributed by atoms with van der Waals surface area (Å²) >= 11 is 0. The van der Waals surface area contributed by atoms with Crippen LogP contribution in [-0.2, 0) is 4.79 Å². The third-order valence-electron chi connectivity index (χ3n) is 3.84. The van der Waals surface area contributed by atoms with E-state index in [0.29, 0.717) is 31.1 Å². The van der Waals surface area contributed by atoms with E-state index in [0.717, 1.165) is 10.6 Å². The number of hydrogen-bond donors (Lipinski definition) is 1. The van der Waals surface area contributed by atoms with Gasteiger partial charge in [-0.25, -0.2) is 4.79 Å². The fourth-order valence-electron chi connectivity index (χ4n) is 2.28. The van der Waals surface area contributed by atoms with E-state index in [1.807, 2.05) is 6.92 Å². The number of amides is 3. The SMILES string of the molecule is CC[C@]1(C)NC(=O)N(/N=C\c2ccc3c(c2)OCCO3)C1=O. The summed E-state index contributed by atoms with van der Waals surface area (Å²) in [6, 6.07) is 4.81. The van der Waals surface area contributed by atoms with Gasteiger partial charge in [0.05, 0.1) is 6.21 Å². The summed E-state index contributed by atoms with van der Waals surface area (Å²) in [5.41, 5.74) is -0.170. The molecule has 3 amide bonds. The van der Waals surface area contributed by atoms with E-state index in [4.69, 9.17) is 9.47 Å². The van der Waals surface area contributed by atoms with Crippen LogP contribution in [-0.4, -0.2) is 41.9 Å². The summed E-state index contributed by atoms with van der Waals surface area (Å²) in [4.78, 5) is 24.1. The van der Waals surface area contributed by atoms with E-state index >= 15 is 0 Å². The highest BCUT2D eigenvalue weighted by Gasteiger charge is 2.46. The maximum Gasteiger partial charge on any atom is 0.346 e. The number of nitrogens with one attached hydrogen (secondary N) is 1. The summed E-state index contributed by atoms with van der Waals surface area (Å²) in [6.45, 7) is 4.55. The Labute approximate surface area is 127 Å². The standard InChI is InChI=1S/C15H17N3O4/c1-3-15(2)13(19)18(14(20)17-15)16-9-10-4-5-11-12(8-10)22-7-6-21-11/h4-5,8-9H,3,6-7H2,1-2H3,(H,17,20)/b16-9-/t15-/m0/s1. The van der Waals surface area contributed by atoms with Crippen molar-refractivity contribution in [2.45, 2.75) is 25.8 Å². The van der Waals surface area contributed by atoms with Gasteiger partial charge in [0, 0.05) is 0 Å². The highest BCUT2D eigenvalue weighted by Crippen LogP contribution is 2.30. The second-order valence-electron chi connectivity index (χ2n) is 5.38. The number of benzene rings is 1. The molecular formula is C15H17N3O4. The van der Waals surface area contributed by atoms with E-state index in [-0.39, 0.29) is 5.91 Å². The van der Waals surface area contributed by atoms with Gasteiger partial charge in [0.25, 0.3) is 5.91 Å². The number of rotatable bonds is 3. The van der Waals surface area contributed by atoms with Gasteiger partial charge in [-0.05, 0) is 37.1 Å². The first kappa shape index (κ1) is 14.4. The van der Waals surface area contributed by atoms with Gasteiger partial charge >= 0.3 is 6.03 Å². The molecule has 2 aliphatic heterocycles. The molecule has 2 aliphatic rings. The number of carbonyl (C=O) groups is 2. The zero-order chi connectivity index (χ0) is 15.7. The van der Waals surface area contributed by atoms with Crippen LogP contribution in [0.25, 0.3) is 0 Å². The zero-order valence-electron chi connectivity index (χ0n) is 12.5. The van der Waals surface area contributed by atoms with Crippen molar-refractivity contribution in [1.82, 2.24) is 10.3 Å². The molecule has 116 valence electrons. The molecule has 1 N–H and O–H groups in total. The Balaban J connectivity index is 1.80. The molecule has 3 rings (SSSR count). The van der Waals surface area contributed by atoms with Gasteiger partial charge in [0.15, 0.2) is 11.5 Å². The third kappa shape index (κ3) is 2.38. The van der Waals surface area contributed by atoms with Gasteiger partial charge in [-0.2, -0.15) is 5.10 Å². The molecule has 1 aromatic rings. The summed E-state index contributed by atoms with van der Waals surface area (Å²) in [6.07, 6.45) is 1.96. The lowest BCUT2D eigenvalue weighted by Gasteiger charge is -2.18. The molecular weight excluding hydrogens is 286 g/mol. The molecule has 0 saturated carbocycles. The minimum absolute atomic E-state index is 0.353. The number of urea groups is 1. The van der Waals surface area contributed by atoms with Crippen LogP contribution in [0.2, 0.25) is 0 Å². The first-order valence-corrected chi connectivity index (χ1v) is 7.14. The molecule has 7 heteroatoms. The molecule has 22 heavy (non-hydrogen) atoms. The average Bonchev–Trinajstić information content (AvgIpc) is 2.75. The fourth-order valence-corrected chi connectivity index (χ4v) is 2.28. The topological polar surface area (TPSA) is 80.2 Å². The summed E-state index contributed by atoms with van der Waals surface area (Å²) in [5, 5.41) is 7.50. The maximum atomic E-state index is 12.2. The summed E-state index contributed by atoms with van der Waals surface area (Å²) < 4.78 is 10.9. The third-order valence-corrected chi connectivity index (χ3v) is 3.84. The van der Waals surface area contributed by atoms with Crippen LogP contribution in [0.5, 0.6) is 11.5 Å². The van der Waals surface area contributed by atoms with Crippen molar-refractivity contribution in [2.75, 3.05) is 13.2 Å². The molecule has 1 atom stereocenters. The Morgan fingerprint density at radius 2 is 2.05 bits per heavy atom. The first-order valence-electron chi connectivity index (χ1n) is 7.14. The largest absolute Gasteiger partial charge is 0.486 e. The first-order chi connectivity index (χ1) is 10.5. The summed E-state index contributed by atoms with van der Waals surface area (Å²) in [7, 11) is 0. The molecule has 0 bridgehead atoms. The molecule has 1 saturated heterocycles. The molecule has 1 aromatic carbocycles. The van der Waals surface area contributed by atoms with Crippen molar-refractivity contribution in [3.05, 3.63) is 23.8 Å². The second kappa shape index (κ2) is 5.32. The fraction of sp³-hybridized carbons (Fsp3) is 0.400. The van der Waals surface area contributed by atoms with E-state index < -0.39 is 11.6 Å². The number of carbonyl (C=O) groups excluding carboxylic acids is 2. The van der Waals surface area contributed by atoms with Crippen LogP contribution < -0.4 is 14.8 Å². The van der Waals surface area contributed by atoms with Crippen molar-refractivity contribution in [3.8, 4) is 11.5 Å². The van der Waals surface area contributed by atoms with Gasteiger partial charge in [-0.3, -0.25) is 4.79 Å². The van der Waals surface area contributed by atoms with Crippen LogP contribution in [0.15, 0.2) is 23.3 Å². The predicted octanol–water partition coefficient (Wildman–Crippen LogP) is 1.51. The minimum Gasteiger partial charge on any atom is -0.486 e. The Hall–Kier alpha value is -2.57. The number of imide groups is 1. The smallest absolute Gasteiger partial charge is 0.346 e. The lowest BCUT2D eigenvalue weighted by atomic mass is 10.00. The average molecular weight is 303 g/mol. The normalized spacial score (nSPS) is 24.0. The van der Waals surface area contributed by atoms with Crippen molar-refractivity contribution in [3.63, 3.8) is 0 Å². The highest BCUT2D eigenvalue weighted by molar-refractivity contribution is 6.07. The van der Waals surface area contributed by atoms with Crippen molar-refractivity contribution >= 4 is 18.2 Å². The van der Waals surface area contributed by atoms with E-state index in [9.17, 15) is 9.59 Å². The van der Waals surface area contributed by atoms with E-state index in [1.54, 1.807) is 25.1 Å². The number of fused-ring (bicyclic) bond motifs is 1. The van der Waals surface area contributed by atoms with E-state index in [2.05, 4.69) is 10.4 Å².